The molecule has 0 bridgehead atoms. The van der Waals surface area contributed by atoms with Crippen LogP contribution in [0.1, 0.15) is 30.3 Å². The van der Waals surface area contributed by atoms with Crippen molar-refractivity contribution in [3.8, 4) is 0 Å². The SMILES string of the molecule is CCCn1nncc1C(=O)CC1CN(C)CCN1C. The molecule has 1 unspecified atom stereocenters. The highest BCUT2D eigenvalue weighted by Gasteiger charge is 2.26. The van der Waals surface area contributed by atoms with Crippen molar-refractivity contribution in [2.75, 3.05) is 33.7 Å². The number of aromatic nitrogens is 3. The third kappa shape index (κ3) is 3.39. The molecule has 1 fully saturated rings. The molecule has 0 aliphatic carbocycles. The summed E-state index contributed by atoms with van der Waals surface area (Å²) in [5.74, 6) is 0.144. The Morgan fingerprint density at radius 2 is 2.21 bits per heavy atom. The van der Waals surface area contributed by atoms with Crippen LogP contribution in [0.25, 0.3) is 0 Å². The van der Waals surface area contributed by atoms with Gasteiger partial charge >= 0.3 is 0 Å². The van der Waals surface area contributed by atoms with Gasteiger partial charge in [-0.05, 0) is 20.5 Å². The van der Waals surface area contributed by atoms with Crippen molar-refractivity contribution in [2.24, 2.45) is 0 Å². The van der Waals surface area contributed by atoms with Crippen molar-refractivity contribution in [2.45, 2.75) is 32.4 Å². The summed E-state index contributed by atoms with van der Waals surface area (Å²) in [6.45, 7) is 5.84. The fraction of sp³-hybridized carbons (Fsp3) is 0.769. The lowest BCUT2D eigenvalue weighted by molar-refractivity contribution is 0.0801. The molecule has 19 heavy (non-hydrogen) atoms. The van der Waals surface area contributed by atoms with E-state index in [4.69, 9.17) is 0 Å². The zero-order valence-corrected chi connectivity index (χ0v) is 12.0. The molecule has 0 N–H and O–H groups in total. The van der Waals surface area contributed by atoms with Crippen molar-refractivity contribution >= 4 is 5.78 Å². The number of carbonyl (C=O) groups is 1. The van der Waals surface area contributed by atoms with E-state index in [0.717, 1.165) is 32.6 Å². The molecule has 0 aromatic carbocycles. The maximum absolute atomic E-state index is 12.4. The van der Waals surface area contributed by atoms with E-state index in [1.165, 1.54) is 0 Å². The van der Waals surface area contributed by atoms with Gasteiger partial charge in [-0.1, -0.05) is 12.1 Å². The number of ketones is 1. The molecule has 2 rings (SSSR count). The zero-order valence-electron chi connectivity index (χ0n) is 12.0. The van der Waals surface area contributed by atoms with Crippen LogP contribution in [-0.4, -0.2) is 70.3 Å². The van der Waals surface area contributed by atoms with E-state index >= 15 is 0 Å². The molecule has 6 nitrogen and oxygen atoms in total. The van der Waals surface area contributed by atoms with Gasteiger partial charge in [0.1, 0.15) is 5.69 Å². The fourth-order valence-corrected chi connectivity index (χ4v) is 2.49. The summed E-state index contributed by atoms with van der Waals surface area (Å²) in [6.07, 6.45) is 3.08. The Morgan fingerprint density at radius 1 is 1.42 bits per heavy atom. The topological polar surface area (TPSA) is 54.3 Å². The Hall–Kier alpha value is -1.27. The van der Waals surface area contributed by atoms with E-state index in [2.05, 4.69) is 41.1 Å². The molecule has 0 amide bonds. The molecule has 1 aromatic rings. The molecular formula is C13H23N5O. The van der Waals surface area contributed by atoms with Crippen molar-refractivity contribution in [3.63, 3.8) is 0 Å². The maximum atomic E-state index is 12.4. The molecular weight excluding hydrogens is 242 g/mol. The predicted molar refractivity (Wildman–Crippen MR) is 73.2 cm³/mol. The molecule has 0 radical (unpaired) electrons. The fourth-order valence-electron chi connectivity index (χ4n) is 2.49. The molecule has 1 atom stereocenters. The van der Waals surface area contributed by atoms with Crippen LogP contribution >= 0.6 is 0 Å². The zero-order chi connectivity index (χ0) is 13.8. The van der Waals surface area contributed by atoms with Crippen LogP contribution in [0.5, 0.6) is 0 Å². The van der Waals surface area contributed by atoms with E-state index in [0.29, 0.717) is 12.1 Å². The lowest BCUT2D eigenvalue weighted by Crippen LogP contribution is -2.50. The Labute approximate surface area is 114 Å². The van der Waals surface area contributed by atoms with Crippen LogP contribution in [0.4, 0.5) is 0 Å². The third-order valence-corrected chi connectivity index (χ3v) is 3.74. The van der Waals surface area contributed by atoms with Crippen LogP contribution in [0, 0.1) is 0 Å². The first-order valence-electron chi connectivity index (χ1n) is 6.92. The molecule has 1 saturated heterocycles. The minimum absolute atomic E-state index is 0.144. The first-order chi connectivity index (χ1) is 9.11. The number of hydrogen-bond donors (Lipinski definition) is 0. The monoisotopic (exact) mass is 265 g/mol. The minimum atomic E-state index is 0.144. The van der Waals surface area contributed by atoms with Gasteiger partial charge in [-0.25, -0.2) is 4.68 Å². The second-order valence-corrected chi connectivity index (χ2v) is 5.37. The number of piperazine rings is 1. The van der Waals surface area contributed by atoms with Gasteiger partial charge in [-0.15, -0.1) is 5.10 Å². The standard InChI is InChI=1S/C13H23N5O/c1-4-5-18-12(9-14-15-18)13(19)8-11-10-16(2)6-7-17(11)3/h9,11H,4-8,10H2,1-3H3. The Morgan fingerprint density at radius 3 is 2.95 bits per heavy atom. The average molecular weight is 265 g/mol. The van der Waals surface area contributed by atoms with Crippen LogP contribution in [0.2, 0.25) is 0 Å². The molecule has 6 heteroatoms. The first kappa shape index (κ1) is 14.1. The minimum Gasteiger partial charge on any atom is -0.304 e. The van der Waals surface area contributed by atoms with Crippen LogP contribution in [0.3, 0.4) is 0 Å². The largest absolute Gasteiger partial charge is 0.304 e. The van der Waals surface area contributed by atoms with Gasteiger partial charge in [0.05, 0.1) is 6.20 Å². The number of hydrogen-bond acceptors (Lipinski definition) is 5. The highest BCUT2D eigenvalue weighted by Crippen LogP contribution is 2.13. The summed E-state index contributed by atoms with van der Waals surface area (Å²) < 4.78 is 1.72. The van der Waals surface area contributed by atoms with Gasteiger partial charge < -0.3 is 9.80 Å². The second-order valence-electron chi connectivity index (χ2n) is 5.37. The van der Waals surface area contributed by atoms with E-state index < -0.39 is 0 Å². The quantitative estimate of drug-likeness (QED) is 0.726. The van der Waals surface area contributed by atoms with Gasteiger partial charge in [0.25, 0.3) is 0 Å². The summed E-state index contributed by atoms with van der Waals surface area (Å²) in [4.78, 5) is 16.9. The van der Waals surface area contributed by atoms with E-state index in [1.54, 1.807) is 10.9 Å². The molecule has 0 saturated carbocycles. The van der Waals surface area contributed by atoms with Crippen molar-refractivity contribution in [1.82, 2.24) is 24.8 Å². The summed E-state index contributed by atoms with van der Waals surface area (Å²) in [7, 11) is 4.19. The first-order valence-corrected chi connectivity index (χ1v) is 6.92. The molecule has 1 aromatic heterocycles. The summed E-state index contributed by atoms with van der Waals surface area (Å²) in [5.41, 5.74) is 0.642. The number of rotatable bonds is 5. The highest BCUT2D eigenvalue weighted by molar-refractivity contribution is 5.94. The van der Waals surface area contributed by atoms with E-state index in [1.807, 2.05) is 0 Å². The number of carbonyl (C=O) groups excluding carboxylic acids is 1. The van der Waals surface area contributed by atoms with Gasteiger partial charge in [-0.3, -0.25) is 4.79 Å². The van der Waals surface area contributed by atoms with Gasteiger partial charge in [-0.2, -0.15) is 0 Å². The van der Waals surface area contributed by atoms with E-state index in [-0.39, 0.29) is 11.8 Å². The number of likely N-dealkylation sites (N-methyl/N-ethyl adjacent to an activating group) is 2. The Kier molecular flexibility index (Phi) is 4.66. The van der Waals surface area contributed by atoms with Crippen molar-refractivity contribution in [3.05, 3.63) is 11.9 Å². The number of Topliss-reactive ketones (excluding diaryl/α,β-unsaturated/α-hetero) is 1. The number of nitrogens with zero attached hydrogens (tertiary/aromatic N) is 5. The van der Waals surface area contributed by atoms with Crippen LogP contribution in [-0.2, 0) is 6.54 Å². The van der Waals surface area contributed by atoms with Gasteiger partial charge in [0.15, 0.2) is 5.78 Å². The summed E-state index contributed by atoms with van der Waals surface area (Å²) in [5, 5.41) is 7.83. The lowest BCUT2D eigenvalue weighted by atomic mass is 10.0. The van der Waals surface area contributed by atoms with Gasteiger partial charge in [0, 0.05) is 38.6 Å². The lowest BCUT2D eigenvalue weighted by Gasteiger charge is -2.37. The molecule has 2 heterocycles. The van der Waals surface area contributed by atoms with Crippen molar-refractivity contribution in [1.29, 1.82) is 0 Å². The molecule has 0 spiro atoms. The normalized spacial score (nSPS) is 21.7. The van der Waals surface area contributed by atoms with Gasteiger partial charge in [0.2, 0.25) is 0 Å². The smallest absolute Gasteiger partial charge is 0.184 e. The summed E-state index contributed by atoms with van der Waals surface area (Å²) >= 11 is 0. The van der Waals surface area contributed by atoms with Crippen LogP contribution in [0.15, 0.2) is 6.20 Å². The Balaban J connectivity index is 2.01. The molecule has 1 aliphatic rings. The van der Waals surface area contributed by atoms with Crippen molar-refractivity contribution < 1.29 is 4.79 Å². The molecule has 106 valence electrons. The van der Waals surface area contributed by atoms with E-state index in [9.17, 15) is 4.79 Å². The maximum Gasteiger partial charge on any atom is 0.184 e. The average Bonchev–Trinajstić information content (AvgIpc) is 2.82. The molecule has 1 aliphatic heterocycles. The third-order valence-electron chi connectivity index (χ3n) is 3.74. The Bertz CT molecular complexity index is 430. The second kappa shape index (κ2) is 6.25. The predicted octanol–water partition coefficient (Wildman–Crippen LogP) is 0.507. The highest BCUT2D eigenvalue weighted by atomic mass is 16.1. The van der Waals surface area contributed by atoms with Crippen LogP contribution < -0.4 is 0 Å². The number of aryl methyl sites for hydroxylation is 1. The summed E-state index contributed by atoms with van der Waals surface area (Å²) in [6, 6.07) is 0.288.